The van der Waals surface area contributed by atoms with Gasteiger partial charge in [0.1, 0.15) is 10.7 Å². The lowest BCUT2D eigenvalue weighted by Crippen LogP contribution is -2.12. The first-order valence-corrected chi connectivity index (χ1v) is 10.4. The SMILES string of the molecule is CNc1cn(S(=O)(=O)c2cccnc2)c2cc(Nc3ccc(C)cc3F)ccc12. The zero-order valence-electron chi connectivity index (χ0n) is 15.8. The molecule has 2 aromatic carbocycles. The predicted molar refractivity (Wildman–Crippen MR) is 113 cm³/mol. The van der Waals surface area contributed by atoms with Crippen molar-refractivity contribution in [2.75, 3.05) is 17.7 Å². The van der Waals surface area contributed by atoms with Crippen LogP contribution in [0.5, 0.6) is 0 Å². The molecule has 0 atom stereocenters. The number of benzene rings is 2. The Morgan fingerprint density at radius 3 is 2.59 bits per heavy atom. The van der Waals surface area contributed by atoms with Crippen LogP contribution in [0, 0.1) is 12.7 Å². The summed E-state index contributed by atoms with van der Waals surface area (Å²) in [6.45, 7) is 1.81. The molecule has 0 aliphatic rings. The number of nitrogens with one attached hydrogen (secondary N) is 2. The van der Waals surface area contributed by atoms with E-state index in [4.69, 9.17) is 0 Å². The van der Waals surface area contributed by atoms with E-state index in [0.29, 0.717) is 22.6 Å². The third-order valence-electron chi connectivity index (χ3n) is 4.64. The normalized spacial score (nSPS) is 11.6. The monoisotopic (exact) mass is 410 g/mol. The average molecular weight is 410 g/mol. The highest BCUT2D eigenvalue weighted by atomic mass is 32.2. The summed E-state index contributed by atoms with van der Waals surface area (Å²) in [6.07, 6.45) is 4.36. The van der Waals surface area contributed by atoms with Crippen LogP contribution in [0.3, 0.4) is 0 Å². The second kappa shape index (κ2) is 7.21. The van der Waals surface area contributed by atoms with Gasteiger partial charge in [-0.3, -0.25) is 4.98 Å². The van der Waals surface area contributed by atoms with Crippen molar-refractivity contribution in [1.29, 1.82) is 0 Å². The highest BCUT2D eigenvalue weighted by molar-refractivity contribution is 7.90. The van der Waals surface area contributed by atoms with Gasteiger partial charge in [0.15, 0.2) is 0 Å². The molecule has 2 heterocycles. The van der Waals surface area contributed by atoms with Crippen molar-refractivity contribution in [3.8, 4) is 0 Å². The summed E-state index contributed by atoms with van der Waals surface area (Å²) >= 11 is 0. The molecule has 0 radical (unpaired) electrons. The van der Waals surface area contributed by atoms with Gasteiger partial charge in [-0.1, -0.05) is 6.07 Å². The molecule has 2 aromatic heterocycles. The summed E-state index contributed by atoms with van der Waals surface area (Å²) in [4.78, 5) is 4.00. The standard InChI is InChI=1S/C21H19FN4O2S/c1-14-5-8-19(18(22)10-14)25-15-6-7-17-20(23-2)13-26(21(17)11-15)29(27,28)16-4-3-9-24-12-16/h3-13,23,25H,1-2H3. The molecule has 0 saturated carbocycles. The molecule has 0 unspecified atom stereocenters. The number of anilines is 3. The van der Waals surface area contributed by atoms with Gasteiger partial charge in [-0.25, -0.2) is 16.8 Å². The Morgan fingerprint density at radius 2 is 1.90 bits per heavy atom. The van der Waals surface area contributed by atoms with Crippen LogP contribution in [0.4, 0.5) is 21.5 Å². The molecule has 0 amide bonds. The zero-order valence-corrected chi connectivity index (χ0v) is 16.7. The van der Waals surface area contributed by atoms with Crippen LogP contribution >= 0.6 is 0 Å². The number of hydrogen-bond acceptors (Lipinski definition) is 5. The van der Waals surface area contributed by atoms with Crippen LogP contribution in [-0.2, 0) is 10.0 Å². The van der Waals surface area contributed by atoms with Gasteiger partial charge in [-0.15, -0.1) is 0 Å². The average Bonchev–Trinajstić information content (AvgIpc) is 3.09. The molecule has 0 bridgehead atoms. The Labute approximate surface area is 168 Å². The summed E-state index contributed by atoms with van der Waals surface area (Å²) in [5, 5.41) is 6.77. The number of aromatic nitrogens is 2. The smallest absolute Gasteiger partial charge is 0.269 e. The van der Waals surface area contributed by atoms with Gasteiger partial charge < -0.3 is 10.6 Å². The van der Waals surface area contributed by atoms with Gasteiger partial charge in [0, 0.05) is 36.7 Å². The van der Waals surface area contributed by atoms with Crippen LogP contribution in [0.1, 0.15) is 5.56 Å². The molecule has 8 heteroatoms. The van der Waals surface area contributed by atoms with E-state index >= 15 is 0 Å². The first kappa shape index (κ1) is 18.9. The summed E-state index contributed by atoms with van der Waals surface area (Å²) in [7, 11) is -2.12. The summed E-state index contributed by atoms with van der Waals surface area (Å²) < 4.78 is 41.7. The lowest BCUT2D eigenvalue weighted by Gasteiger charge is -2.10. The maximum Gasteiger partial charge on any atom is 0.269 e. The van der Waals surface area contributed by atoms with E-state index in [-0.39, 0.29) is 10.7 Å². The summed E-state index contributed by atoms with van der Waals surface area (Å²) in [5.41, 5.74) is 2.84. The fourth-order valence-electron chi connectivity index (χ4n) is 3.16. The molecule has 0 saturated heterocycles. The quantitative estimate of drug-likeness (QED) is 0.506. The molecule has 4 aromatic rings. The Kier molecular flexibility index (Phi) is 4.71. The van der Waals surface area contributed by atoms with E-state index in [1.807, 2.05) is 6.92 Å². The number of nitrogens with zero attached hydrogens (tertiary/aromatic N) is 2. The molecular formula is C21H19FN4O2S. The summed E-state index contributed by atoms with van der Waals surface area (Å²) in [5.74, 6) is -0.376. The van der Waals surface area contributed by atoms with E-state index in [9.17, 15) is 12.8 Å². The molecule has 0 aliphatic heterocycles. The van der Waals surface area contributed by atoms with E-state index in [1.54, 1.807) is 43.4 Å². The van der Waals surface area contributed by atoms with Gasteiger partial charge in [0.2, 0.25) is 0 Å². The molecule has 0 aliphatic carbocycles. The van der Waals surface area contributed by atoms with Gasteiger partial charge in [0.25, 0.3) is 10.0 Å². The second-order valence-electron chi connectivity index (χ2n) is 6.62. The Morgan fingerprint density at radius 1 is 1.07 bits per heavy atom. The number of aryl methyl sites for hydroxylation is 1. The minimum atomic E-state index is -3.85. The van der Waals surface area contributed by atoms with Gasteiger partial charge in [0.05, 0.1) is 16.9 Å². The second-order valence-corrected chi connectivity index (χ2v) is 8.44. The molecule has 6 nitrogen and oxygen atoms in total. The van der Waals surface area contributed by atoms with Crippen LogP contribution in [0.25, 0.3) is 10.9 Å². The third kappa shape index (κ3) is 3.42. The molecule has 0 fully saturated rings. The van der Waals surface area contributed by atoms with Crippen molar-refractivity contribution >= 4 is 38.0 Å². The first-order valence-electron chi connectivity index (χ1n) is 8.92. The minimum Gasteiger partial charge on any atom is -0.386 e. The van der Waals surface area contributed by atoms with Gasteiger partial charge in [-0.05, 0) is 55.0 Å². The number of hydrogen-bond donors (Lipinski definition) is 2. The molecular weight excluding hydrogens is 391 g/mol. The van der Waals surface area contributed by atoms with Crippen molar-refractivity contribution < 1.29 is 12.8 Å². The van der Waals surface area contributed by atoms with Crippen molar-refractivity contribution in [3.05, 3.63) is 78.5 Å². The van der Waals surface area contributed by atoms with E-state index < -0.39 is 10.0 Å². The molecule has 2 N–H and O–H groups in total. The van der Waals surface area contributed by atoms with E-state index in [1.165, 1.54) is 34.7 Å². The van der Waals surface area contributed by atoms with Crippen LogP contribution < -0.4 is 10.6 Å². The molecule has 148 valence electrons. The fourth-order valence-corrected chi connectivity index (χ4v) is 4.49. The third-order valence-corrected chi connectivity index (χ3v) is 6.29. The maximum atomic E-state index is 14.2. The number of fused-ring (bicyclic) bond motifs is 1. The fraction of sp³-hybridized carbons (Fsp3) is 0.0952. The largest absolute Gasteiger partial charge is 0.386 e. The highest BCUT2D eigenvalue weighted by Crippen LogP contribution is 2.32. The van der Waals surface area contributed by atoms with Gasteiger partial charge >= 0.3 is 0 Å². The van der Waals surface area contributed by atoms with Gasteiger partial charge in [-0.2, -0.15) is 0 Å². The topological polar surface area (TPSA) is 76.0 Å². The number of halogens is 1. The Hall–Kier alpha value is -3.39. The van der Waals surface area contributed by atoms with E-state index in [2.05, 4.69) is 15.6 Å². The van der Waals surface area contributed by atoms with Crippen molar-refractivity contribution in [3.63, 3.8) is 0 Å². The van der Waals surface area contributed by atoms with Crippen molar-refractivity contribution in [2.24, 2.45) is 0 Å². The first-order chi connectivity index (χ1) is 13.9. The highest BCUT2D eigenvalue weighted by Gasteiger charge is 2.21. The van der Waals surface area contributed by atoms with Crippen molar-refractivity contribution in [1.82, 2.24) is 8.96 Å². The maximum absolute atomic E-state index is 14.2. The number of rotatable bonds is 5. The lowest BCUT2D eigenvalue weighted by atomic mass is 10.2. The van der Waals surface area contributed by atoms with E-state index in [0.717, 1.165) is 10.9 Å². The minimum absolute atomic E-state index is 0.0856. The summed E-state index contributed by atoms with van der Waals surface area (Å²) in [6, 6.07) is 13.2. The molecule has 0 spiro atoms. The molecule has 29 heavy (non-hydrogen) atoms. The lowest BCUT2D eigenvalue weighted by molar-refractivity contribution is 0.588. The molecule has 4 rings (SSSR count). The Balaban J connectivity index is 1.84. The Bertz CT molecular complexity index is 1300. The van der Waals surface area contributed by atoms with Crippen molar-refractivity contribution in [2.45, 2.75) is 11.8 Å². The van der Waals surface area contributed by atoms with Crippen LogP contribution in [0.2, 0.25) is 0 Å². The zero-order chi connectivity index (χ0) is 20.6. The number of pyridine rings is 1. The van der Waals surface area contributed by atoms with Crippen LogP contribution in [0.15, 0.2) is 72.0 Å². The van der Waals surface area contributed by atoms with Crippen LogP contribution in [-0.4, -0.2) is 24.4 Å². The predicted octanol–water partition coefficient (Wildman–Crippen LogP) is 4.51.